The maximum absolute atomic E-state index is 13.0. The number of hydrogen-bond donors (Lipinski definition) is 1. The van der Waals surface area contributed by atoms with E-state index in [0.717, 1.165) is 16.5 Å². The molecule has 0 unspecified atom stereocenters. The molecule has 1 N–H and O–H groups in total. The predicted molar refractivity (Wildman–Crippen MR) is 111 cm³/mol. The van der Waals surface area contributed by atoms with Crippen LogP contribution in [0.2, 0.25) is 0 Å². The number of carbonyl (C=O) groups excluding carboxylic acids is 1. The van der Waals surface area contributed by atoms with Crippen LogP contribution in [0, 0.1) is 0 Å². The topological polar surface area (TPSA) is 60.7 Å². The molecular formula is C23H27NO4. The van der Waals surface area contributed by atoms with Gasteiger partial charge in [-0.3, -0.25) is 0 Å². The lowest BCUT2D eigenvalue weighted by atomic mass is 10.0. The Morgan fingerprint density at radius 2 is 1.71 bits per heavy atom. The van der Waals surface area contributed by atoms with Crippen molar-refractivity contribution in [2.45, 2.75) is 52.9 Å². The van der Waals surface area contributed by atoms with Gasteiger partial charge in [0, 0.05) is 16.5 Å². The predicted octanol–water partition coefficient (Wildman–Crippen LogP) is 5.37. The molecule has 28 heavy (non-hydrogen) atoms. The van der Waals surface area contributed by atoms with Gasteiger partial charge in [-0.2, -0.15) is 0 Å². The smallest absolute Gasteiger partial charge is 0.419 e. The second-order valence-corrected chi connectivity index (χ2v) is 7.98. The molecule has 3 aromatic rings. The summed E-state index contributed by atoms with van der Waals surface area (Å²) in [4.78, 5) is 13.0. The van der Waals surface area contributed by atoms with Crippen molar-refractivity contribution in [2.24, 2.45) is 0 Å². The van der Waals surface area contributed by atoms with Crippen LogP contribution in [0.15, 0.2) is 48.5 Å². The lowest BCUT2D eigenvalue weighted by Crippen LogP contribution is -2.28. The van der Waals surface area contributed by atoms with Gasteiger partial charge >= 0.3 is 6.09 Å². The molecule has 0 saturated carbocycles. The molecule has 5 heteroatoms. The van der Waals surface area contributed by atoms with Gasteiger partial charge < -0.3 is 14.6 Å². The standard InChI is InChI=1S/C23H27NO4/c1-15(2)27-20-13-9-7-11-17(20)21-16-10-6-8-12-18(16)24(19(21)14-25)22(26)28-23(3,4)5/h6-13,15,25H,14H2,1-5H3. The summed E-state index contributed by atoms with van der Waals surface area (Å²) in [6.07, 6.45) is -0.515. The van der Waals surface area contributed by atoms with Crippen LogP contribution < -0.4 is 4.74 Å². The summed E-state index contributed by atoms with van der Waals surface area (Å²) >= 11 is 0. The summed E-state index contributed by atoms with van der Waals surface area (Å²) in [7, 11) is 0. The van der Waals surface area contributed by atoms with Crippen molar-refractivity contribution in [3.63, 3.8) is 0 Å². The lowest BCUT2D eigenvalue weighted by molar-refractivity contribution is 0.0533. The van der Waals surface area contributed by atoms with E-state index < -0.39 is 11.7 Å². The van der Waals surface area contributed by atoms with Crippen LogP contribution in [0.4, 0.5) is 4.79 Å². The Bertz CT molecular complexity index is 995. The molecule has 1 heterocycles. The van der Waals surface area contributed by atoms with Crippen LogP contribution in [0.25, 0.3) is 22.0 Å². The van der Waals surface area contributed by atoms with Crippen molar-refractivity contribution in [2.75, 3.05) is 0 Å². The van der Waals surface area contributed by atoms with Crippen LogP contribution in [0.5, 0.6) is 5.75 Å². The zero-order valence-corrected chi connectivity index (χ0v) is 17.0. The maximum Gasteiger partial charge on any atom is 0.419 e. The zero-order valence-electron chi connectivity index (χ0n) is 17.0. The van der Waals surface area contributed by atoms with E-state index in [9.17, 15) is 9.90 Å². The van der Waals surface area contributed by atoms with Crippen LogP contribution in [0.3, 0.4) is 0 Å². The first-order chi connectivity index (χ1) is 13.2. The van der Waals surface area contributed by atoms with Crippen molar-refractivity contribution in [1.29, 1.82) is 0 Å². The average molecular weight is 381 g/mol. The van der Waals surface area contributed by atoms with Crippen molar-refractivity contribution in [1.82, 2.24) is 4.57 Å². The van der Waals surface area contributed by atoms with Gasteiger partial charge in [0.05, 0.1) is 23.9 Å². The quantitative estimate of drug-likeness (QED) is 0.660. The van der Waals surface area contributed by atoms with E-state index in [1.54, 1.807) is 0 Å². The van der Waals surface area contributed by atoms with E-state index in [0.29, 0.717) is 17.0 Å². The molecule has 3 rings (SSSR count). The number of aromatic nitrogens is 1. The molecule has 0 fully saturated rings. The van der Waals surface area contributed by atoms with Gasteiger partial charge in [0.1, 0.15) is 11.4 Å². The summed E-state index contributed by atoms with van der Waals surface area (Å²) in [6, 6.07) is 15.2. The number of aliphatic hydroxyl groups excluding tert-OH is 1. The Hall–Kier alpha value is -2.79. The zero-order chi connectivity index (χ0) is 20.5. The minimum absolute atomic E-state index is 0.00191. The maximum atomic E-state index is 13.0. The van der Waals surface area contributed by atoms with Crippen molar-refractivity contribution in [3.8, 4) is 16.9 Å². The Kier molecular flexibility index (Phi) is 5.47. The number of benzene rings is 2. The fourth-order valence-electron chi connectivity index (χ4n) is 3.29. The highest BCUT2D eigenvalue weighted by atomic mass is 16.6. The van der Waals surface area contributed by atoms with Crippen LogP contribution in [-0.2, 0) is 11.3 Å². The highest BCUT2D eigenvalue weighted by Crippen LogP contribution is 2.40. The van der Waals surface area contributed by atoms with Gasteiger partial charge in [-0.05, 0) is 46.8 Å². The molecule has 0 radical (unpaired) electrons. The van der Waals surface area contributed by atoms with E-state index in [1.807, 2.05) is 83.1 Å². The summed E-state index contributed by atoms with van der Waals surface area (Å²) in [5.74, 6) is 0.708. The normalized spacial score (nSPS) is 11.8. The Balaban J connectivity index is 2.30. The largest absolute Gasteiger partial charge is 0.490 e. The average Bonchev–Trinajstić information content (AvgIpc) is 2.94. The number of rotatable bonds is 4. The fourth-order valence-corrected chi connectivity index (χ4v) is 3.29. The van der Waals surface area contributed by atoms with E-state index in [4.69, 9.17) is 9.47 Å². The number of fused-ring (bicyclic) bond motifs is 1. The molecule has 0 amide bonds. The highest BCUT2D eigenvalue weighted by molar-refractivity contribution is 6.03. The molecule has 0 aliphatic rings. The van der Waals surface area contributed by atoms with E-state index in [-0.39, 0.29) is 12.7 Å². The second kappa shape index (κ2) is 7.68. The molecule has 0 aliphatic carbocycles. The number of para-hydroxylation sites is 2. The highest BCUT2D eigenvalue weighted by Gasteiger charge is 2.27. The number of carbonyl (C=O) groups is 1. The third kappa shape index (κ3) is 3.90. The minimum atomic E-state index is -0.645. The molecule has 0 saturated heterocycles. The van der Waals surface area contributed by atoms with Crippen molar-refractivity contribution < 1.29 is 19.4 Å². The SMILES string of the molecule is CC(C)Oc1ccccc1-c1c(CO)n(C(=O)OC(C)(C)C)c2ccccc12. The van der Waals surface area contributed by atoms with E-state index in [2.05, 4.69) is 0 Å². The molecule has 5 nitrogen and oxygen atoms in total. The van der Waals surface area contributed by atoms with Crippen molar-refractivity contribution >= 4 is 17.0 Å². The monoisotopic (exact) mass is 381 g/mol. The molecular weight excluding hydrogens is 354 g/mol. The first-order valence-corrected chi connectivity index (χ1v) is 9.45. The van der Waals surface area contributed by atoms with Gasteiger partial charge in [-0.25, -0.2) is 9.36 Å². The van der Waals surface area contributed by atoms with Gasteiger partial charge in [0.15, 0.2) is 0 Å². The van der Waals surface area contributed by atoms with Gasteiger partial charge in [-0.15, -0.1) is 0 Å². The molecule has 0 atom stereocenters. The van der Waals surface area contributed by atoms with Crippen LogP contribution in [0.1, 0.15) is 40.3 Å². The van der Waals surface area contributed by atoms with Crippen LogP contribution >= 0.6 is 0 Å². The van der Waals surface area contributed by atoms with Crippen molar-refractivity contribution in [3.05, 3.63) is 54.2 Å². The minimum Gasteiger partial charge on any atom is -0.490 e. The number of aliphatic hydroxyl groups is 1. The molecule has 148 valence electrons. The van der Waals surface area contributed by atoms with Gasteiger partial charge in [-0.1, -0.05) is 36.4 Å². The molecule has 1 aromatic heterocycles. The third-order valence-corrected chi connectivity index (χ3v) is 4.22. The molecule has 0 spiro atoms. The molecule has 0 bridgehead atoms. The number of nitrogens with zero attached hydrogens (tertiary/aromatic N) is 1. The summed E-state index contributed by atoms with van der Waals surface area (Å²) in [5, 5.41) is 11.1. The lowest BCUT2D eigenvalue weighted by Gasteiger charge is -2.21. The first kappa shape index (κ1) is 20.0. The Morgan fingerprint density at radius 3 is 2.36 bits per heavy atom. The number of hydrogen-bond acceptors (Lipinski definition) is 4. The third-order valence-electron chi connectivity index (χ3n) is 4.22. The Labute approximate surface area is 165 Å². The van der Waals surface area contributed by atoms with E-state index >= 15 is 0 Å². The first-order valence-electron chi connectivity index (χ1n) is 9.45. The summed E-state index contributed by atoms with van der Waals surface area (Å²) in [5.41, 5.74) is 2.14. The molecule has 2 aromatic carbocycles. The fraction of sp³-hybridized carbons (Fsp3) is 0.348. The number of ether oxygens (including phenoxy) is 2. The second-order valence-electron chi connectivity index (χ2n) is 7.98. The van der Waals surface area contributed by atoms with Gasteiger partial charge in [0.2, 0.25) is 0 Å². The van der Waals surface area contributed by atoms with E-state index in [1.165, 1.54) is 4.57 Å². The van der Waals surface area contributed by atoms with Crippen LogP contribution in [-0.4, -0.2) is 27.5 Å². The summed E-state index contributed by atoms with van der Waals surface area (Å²) < 4.78 is 13.1. The Morgan fingerprint density at radius 1 is 1.07 bits per heavy atom. The summed E-state index contributed by atoms with van der Waals surface area (Å²) in [6.45, 7) is 9.09. The van der Waals surface area contributed by atoms with Gasteiger partial charge in [0.25, 0.3) is 0 Å². The molecule has 0 aliphatic heterocycles.